The first-order chi connectivity index (χ1) is 7.24. The van der Waals surface area contributed by atoms with Gasteiger partial charge in [0, 0.05) is 6.04 Å². The van der Waals surface area contributed by atoms with Crippen LogP contribution in [0.3, 0.4) is 0 Å². The van der Waals surface area contributed by atoms with E-state index >= 15 is 0 Å². The van der Waals surface area contributed by atoms with Gasteiger partial charge in [0.2, 0.25) is 0 Å². The summed E-state index contributed by atoms with van der Waals surface area (Å²) >= 11 is 3.34. The molecule has 0 radical (unpaired) electrons. The Bertz CT molecular complexity index is 310. The third kappa shape index (κ3) is 3.20. The van der Waals surface area contributed by atoms with E-state index in [-0.39, 0.29) is 0 Å². The molecule has 0 aliphatic heterocycles. The third-order valence-electron chi connectivity index (χ3n) is 3.03. The molecule has 1 aromatic rings. The highest BCUT2D eigenvalue weighted by molar-refractivity contribution is 9.10. The van der Waals surface area contributed by atoms with E-state index in [1.165, 1.54) is 25.7 Å². The molecule has 2 unspecified atom stereocenters. The Morgan fingerprint density at radius 1 is 1.40 bits per heavy atom. The molecule has 1 fully saturated rings. The van der Waals surface area contributed by atoms with Crippen molar-refractivity contribution in [2.24, 2.45) is 5.92 Å². The molecule has 0 bridgehead atoms. The minimum absolute atomic E-state index is 0.636. The Morgan fingerprint density at radius 2 is 2.27 bits per heavy atom. The molecule has 3 heteroatoms. The highest BCUT2D eigenvalue weighted by Gasteiger charge is 2.18. The SMILES string of the molecule is CC1CCCC(Nc2ccc(Br)nc2)C1. The standard InChI is InChI=1S/C12H17BrN2/c1-9-3-2-4-10(7-9)15-11-5-6-12(13)14-8-11/h5-6,8-10,15H,2-4,7H2,1H3. The summed E-state index contributed by atoms with van der Waals surface area (Å²) < 4.78 is 0.894. The molecule has 1 N–H and O–H groups in total. The van der Waals surface area contributed by atoms with Crippen molar-refractivity contribution in [3.8, 4) is 0 Å². The van der Waals surface area contributed by atoms with Crippen LogP contribution in [0.25, 0.3) is 0 Å². The number of pyridine rings is 1. The molecular weight excluding hydrogens is 252 g/mol. The number of anilines is 1. The van der Waals surface area contributed by atoms with Crippen LogP contribution in [0.5, 0.6) is 0 Å². The summed E-state index contributed by atoms with van der Waals surface area (Å²) in [6.45, 7) is 2.34. The average molecular weight is 269 g/mol. The van der Waals surface area contributed by atoms with E-state index in [9.17, 15) is 0 Å². The zero-order valence-electron chi connectivity index (χ0n) is 9.04. The molecule has 0 spiro atoms. The average Bonchev–Trinajstić information content (AvgIpc) is 2.22. The maximum absolute atomic E-state index is 4.22. The Labute approximate surface area is 99.6 Å². The predicted octanol–water partition coefficient (Wildman–Crippen LogP) is 3.83. The zero-order chi connectivity index (χ0) is 10.7. The fraction of sp³-hybridized carbons (Fsp3) is 0.583. The van der Waals surface area contributed by atoms with Crippen LogP contribution in [0, 0.1) is 5.92 Å². The van der Waals surface area contributed by atoms with Gasteiger partial charge in [0.25, 0.3) is 0 Å². The lowest BCUT2D eigenvalue weighted by atomic mass is 9.87. The van der Waals surface area contributed by atoms with Crippen molar-refractivity contribution in [2.45, 2.75) is 38.6 Å². The number of aromatic nitrogens is 1. The summed E-state index contributed by atoms with van der Waals surface area (Å²) in [6.07, 6.45) is 7.21. The van der Waals surface area contributed by atoms with Crippen molar-refractivity contribution in [2.75, 3.05) is 5.32 Å². The van der Waals surface area contributed by atoms with Gasteiger partial charge in [-0.25, -0.2) is 4.98 Å². The Kier molecular flexibility index (Phi) is 3.62. The zero-order valence-corrected chi connectivity index (χ0v) is 10.6. The predicted molar refractivity (Wildman–Crippen MR) is 67.0 cm³/mol. The van der Waals surface area contributed by atoms with Gasteiger partial charge >= 0.3 is 0 Å². The van der Waals surface area contributed by atoms with Crippen LogP contribution < -0.4 is 5.32 Å². The molecule has 15 heavy (non-hydrogen) atoms. The maximum Gasteiger partial charge on any atom is 0.106 e. The van der Waals surface area contributed by atoms with Crippen LogP contribution in [-0.2, 0) is 0 Å². The number of halogens is 1. The second-order valence-corrected chi connectivity index (χ2v) is 5.30. The molecule has 1 aliphatic carbocycles. The first kappa shape index (κ1) is 10.9. The lowest BCUT2D eigenvalue weighted by Gasteiger charge is -2.28. The van der Waals surface area contributed by atoms with Gasteiger partial charge in [-0.15, -0.1) is 0 Å². The van der Waals surface area contributed by atoms with Gasteiger partial charge in [0.1, 0.15) is 4.60 Å². The van der Waals surface area contributed by atoms with Crippen molar-refractivity contribution in [1.29, 1.82) is 0 Å². The van der Waals surface area contributed by atoms with E-state index in [0.29, 0.717) is 6.04 Å². The second-order valence-electron chi connectivity index (χ2n) is 4.48. The summed E-state index contributed by atoms with van der Waals surface area (Å²) in [4.78, 5) is 4.22. The number of rotatable bonds is 2. The van der Waals surface area contributed by atoms with Crippen LogP contribution in [0.4, 0.5) is 5.69 Å². The van der Waals surface area contributed by atoms with Gasteiger partial charge < -0.3 is 5.32 Å². The van der Waals surface area contributed by atoms with E-state index in [2.05, 4.69) is 39.2 Å². The highest BCUT2D eigenvalue weighted by Crippen LogP contribution is 2.26. The molecule has 1 saturated carbocycles. The van der Waals surface area contributed by atoms with Crippen LogP contribution in [0.1, 0.15) is 32.6 Å². The molecule has 1 aliphatic rings. The molecule has 2 nitrogen and oxygen atoms in total. The first-order valence-electron chi connectivity index (χ1n) is 5.62. The van der Waals surface area contributed by atoms with Gasteiger partial charge in [0.05, 0.1) is 11.9 Å². The summed E-state index contributed by atoms with van der Waals surface area (Å²) in [7, 11) is 0. The van der Waals surface area contributed by atoms with Crippen molar-refractivity contribution in [1.82, 2.24) is 4.98 Å². The first-order valence-corrected chi connectivity index (χ1v) is 6.41. The van der Waals surface area contributed by atoms with E-state index < -0.39 is 0 Å². The van der Waals surface area contributed by atoms with Gasteiger partial charge in [-0.3, -0.25) is 0 Å². The minimum Gasteiger partial charge on any atom is -0.381 e. The van der Waals surface area contributed by atoms with Crippen molar-refractivity contribution in [3.05, 3.63) is 22.9 Å². The van der Waals surface area contributed by atoms with E-state index in [1.54, 1.807) is 0 Å². The number of hydrogen-bond donors (Lipinski definition) is 1. The Balaban J connectivity index is 1.93. The molecule has 1 aromatic heterocycles. The highest BCUT2D eigenvalue weighted by atomic mass is 79.9. The quantitative estimate of drug-likeness (QED) is 0.825. The van der Waals surface area contributed by atoms with Crippen molar-refractivity contribution >= 4 is 21.6 Å². The van der Waals surface area contributed by atoms with E-state index in [1.807, 2.05) is 12.3 Å². The lowest BCUT2D eigenvalue weighted by Crippen LogP contribution is -2.26. The maximum atomic E-state index is 4.22. The normalized spacial score (nSPS) is 26.3. The third-order valence-corrected chi connectivity index (χ3v) is 3.50. The summed E-state index contributed by atoms with van der Waals surface area (Å²) in [5, 5.41) is 3.56. The molecule has 2 atom stereocenters. The summed E-state index contributed by atoms with van der Waals surface area (Å²) in [6, 6.07) is 4.70. The second kappa shape index (κ2) is 4.97. The van der Waals surface area contributed by atoms with Crippen LogP contribution in [-0.4, -0.2) is 11.0 Å². The Hall–Kier alpha value is -0.570. The number of nitrogens with one attached hydrogen (secondary N) is 1. The summed E-state index contributed by atoms with van der Waals surface area (Å²) in [5.74, 6) is 0.861. The van der Waals surface area contributed by atoms with Gasteiger partial charge in [-0.1, -0.05) is 19.8 Å². The van der Waals surface area contributed by atoms with E-state index in [0.717, 1.165) is 16.2 Å². The summed E-state index contributed by atoms with van der Waals surface area (Å²) in [5.41, 5.74) is 1.14. The molecule has 82 valence electrons. The lowest BCUT2D eigenvalue weighted by molar-refractivity contribution is 0.358. The van der Waals surface area contributed by atoms with Crippen LogP contribution >= 0.6 is 15.9 Å². The van der Waals surface area contributed by atoms with Crippen molar-refractivity contribution < 1.29 is 0 Å². The minimum atomic E-state index is 0.636. The Morgan fingerprint density at radius 3 is 2.93 bits per heavy atom. The molecule has 0 saturated heterocycles. The largest absolute Gasteiger partial charge is 0.381 e. The molecular formula is C12H17BrN2. The smallest absolute Gasteiger partial charge is 0.106 e. The van der Waals surface area contributed by atoms with Gasteiger partial charge in [-0.2, -0.15) is 0 Å². The van der Waals surface area contributed by atoms with E-state index in [4.69, 9.17) is 0 Å². The van der Waals surface area contributed by atoms with Gasteiger partial charge in [-0.05, 0) is 46.8 Å². The van der Waals surface area contributed by atoms with Crippen LogP contribution in [0.2, 0.25) is 0 Å². The molecule has 0 amide bonds. The topological polar surface area (TPSA) is 24.9 Å². The molecule has 2 rings (SSSR count). The molecule has 1 heterocycles. The monoisotopic (exact) mass is 268 g/mol. The fourth-order valence-electron chi connectivity index (χ4n) is 2.26. The van der Waals surface area contributed by atoms with Gasteiger partial charge in [0.15, 0.2) is 0 Å². The molecule has 0 aromatic carbocycles. The number of nitrogens with zero attached hydrogens (tertiary/aromatic N) is 1. The number of hydrogen-bond acceptors (Lipinski definition) is 2. The van der Waals surface area contributed by atoms with Crippen LogP contribution in [0.15, 0.2) is 22.9 Å². The van der Waals surface area contributed by atoms with Crippen molar-refractivity contribution in [3.63, 3.8) is 0 Å². The fourth-order valence-corrected chi connectivity index (χ4v) is 2.50.